The minimum absolute atomic E-state index is 0.473. The van der Waals surface area contributed by atoms with Crippen LogP contribution >= 0.6 is 0 Å². The first-order chi connectivity index (χ1) is 14.5. The summed E-state index contributed by atoms with van der Waals surface area (Å²) in [5, 5.41) is 9.75. The van der Waals surface area contributed by atoms with Crippen LogP contribution < -0.4 is 5.32 Å². The van der Waals surface area contributed by atoms with Gasteiger partial charge in [-0.05, 0) is 56.3 Å². The van der Waals surface area contributed by atoms with Crippen molar-refractivity contribution in [2.45, 2.75) is 39.5 Å². The van der Waals surface area contributed by atoms with E-state index in [4.69, 9.17) is 0 Å². The van der Waals surface area contributed by atoms with Crippen molar-refractivity contribution in [2.75, 3.05) is 11.9 Å². The molecule has 0 saturated heterocycles. The van der Waals surface area contributed by atoms with Gasteiger partial charge in [0, 0.05) is 17.5 Å². The standard InChI is InChI=1S/C25H31N5/c1-5-9-21(4)30(27-16-22-14-12-19(2)13-15-22)18-20(3)28-25-26-17-23-10-7-6-8-11-24(23)29-25/h5-9,11,14,16-17,19H,3-4,10,12-13,15,18H2,1-2H3,(H,26,28,29)/b9-5-,27-16+. The highest BCUT2D eigenvalue weighted by molar-refractivity contribution is 5.78. The van der Waals surface area contributed by atoms with Gasteiger partial charge in [-0.25, -0.2) is 9.97 Å². The molecular weight excluding hydrogens is 370 g/mol. The van der Waals surface area contributed by atoms with E-state index in [0.717, 1.165) is 47.8 Å². The maximum Gasteiger partial charge on any atom is 0.227 e. The third-order valence-electron chi connectivity index (χ3n) is 5.13. The first kappa shape index (κ1) is 21.5. The lowest BCUT2D eigenvalue weighted by Gasteiger charge is -2.22. The molecule has 3 rings (SSSR count). The second-order valence-corrected chi connectivity index (χ2v) is 7.78. The minimum Gasteiger partial charge on any atom is -0.327 e. The lowest BCUT2D eigenvalue weighted by atomic mass is 9.92. The molecule has 0 bridgehead atoms. The Morgan fingerprint density at radius 2 is 2.23 bits per heavy atom. The average molecular weight is 402 g/mol. The predicted molar refractivity (Wildman–Crippen MR) is 127 cm³/mol. The summed E-state index contributed by atoms with van der Waals surface area (Å²) < 4.78 is 0. The van der Waals surface area contributed by atoms with Crippen LogP contribution in [0.4, 0.5) is 5.95 Å². The molecule has 1 heterocycles. The average Bonchev–Trinajstić information content (AvgIpc) is 2.97. The van der Waals surface area contributed by atoms with Crippen molar-refractivity contribution in [3.8, 4) is 0 Å². The van der Waals surface area contributed by atoms with E-state index in [0.29, 0.717) is 12.5 Å². The Hall–Kier alpha value is -3.21. The summed E-state index contributed by atoms with van der Waals surface area (Å²) in [6.45, 7) is 13.0. The van der Waals surface area contributed by atoms with Gasteiger partial charge in [0.1, 0.15) is 0 Å². The first-order valence-corrected chi connectivity index (χ1v) is 10.5. The molecule has 1 unspecified atom stereocenters. The van der Waals surface area contributed by atoms with Crippen LogP contribution in [-0.2, 0) is 6.42 Å². The molecule has 0 amide bonds. The van der Waals surface area contributed by atoms with E-state index in [2.05, 4.69) is 52.6 Å². The molecule has 5 nitrogen and oxygen atoms in total. The van der Waals surface area contributed by atoms with Crippen LogP contribution in [0.2, 0.25) is 0 Å². The maximum atomic E-state index is 4.68. The summed E-state index contributed by atoms with van der Waals surface area (Å²) in [6, 6.07) is 0. The molecule has 1 aromatic rings. The molecule has 156 valence electrons. The largest absolute Gasteiger partial charge is 0.327 e. The number of fused-ring (bicyclic) bond motifs is 1. The molecule has 0 fully saturated rings. The predicted octanol–water partition coefficient (Wildman–Crippen LogP) is 5.65. The van der Waals surface area contributed by atoms with Crippen LogP contribution in [0.3, 0.4) is 0 Å². The van der Waals surface area contributed by atoms with Gasteiger partial charge >= 0.3 is 0 Å². The normalized spacial score (nSPS) is 18.2. The SMILES string of the molecule is C=C(CN(/N=C/C1=CCC(C)CC1)C(=C)/C=C\C)Nc1ncc2c(n1)C=CC=CC2. The molecule has 2 aliphatic carbocycles. The number of hydrogen-bond acceptors (Lipinski definition) is 5. The fraction of sp³-hybridized carbons (Fsp3) is 0.320. The van der Waals surface area contributed by atoms with Crippen molar-refractivity contribution < 1.29 is 0 Å². The molecule has 5 heteroatoms. The monoisotopic (exact) mass is 401 g/mol. The molecular formula is C25H31N5. The molecule has 0 aromatic carbocycles. The molecule has 30 heavy (non-hydrogen) atoms. The summed E-state index contributed by atoms with van der Waals surface area (Å²) in [7, 11) is 0. The van der Waals surface area contributed by atoms with Crippen LogP contribution in [0, 0.1) is 5.92 Å². The number of anilines is 1. The van der Waals surface area contributed by atoms with Gasteiger partial charge in [0.15, 0.2) is 0 Å². The van der Waals surface area contributed by atoms with E-state index >= 15 is 0 Å². The molecule has 1 N–H and O–H groups in total. The van der Waals surface area contributed by atoms with E-state index in [-0.39, 0.29) is 0 Å². The van der Waals surface area contributed by atoms with Crippen molar-refractivity contribution in [3.05, 3.63) is 84.0 Å². The van der Waals surface area contributed by atoms with Crippen molar-refractivity contribution in [1.29, 1.82) is 0 Å². The fourth-order valence-corrected chi connectivity index (χ4v) is 3.32. The van der Waals surface area contributed by atoms with Gasteiger partial charge in [0.25, 0.3) is 0 Å². The van der Waals surface area contributed by atoms with E-state index in [1.165, 1.54) is 12.0 Å². The number of nitrogens with zero attached hydrogens (tertiary/aromatic N) is 4. The summed E-state index contributed by atoms with van der Waals surface area (Å²) >= 11 is 0. The molecule has 0 radical (unpaired) electrons. The third-order valence-corrected chi connectivity index (χ3v) is 5.13. The second kappa shape index (κ2) is 10.5. The minimum atomic E-state index is 0.473. The molecule has 2 aliphatic rings. The van der Waals surface area contributed by atoms with Crippen molar-refractivity contribution in [1.82, 2.24) is 15.0 Å². The van der Waals surface area contributed by atoms with Crippen molar-refractivity contribution >= 4 is 18.2 Å². The van der Waals surface area contributed by atoms with Crippen LogP contribution in [0.15, 0.2) is 77.9 Å². The van der Waals surface area contributed by atoms with Crippen LogP contribution in [-0.4, -0.2) is 27.7 Å². The lowest BCUT2D eigenvalue weighted by molar-refractivity contribution is 0.412. The zero-order chi connectivity index (χ0) is 21.3. The number of aromatic nitrogens is 2. The Morgan fingerprint density at radius 1 is 1.37 bits per heavy atom. The second-order valence-electron chi connectivity index (χ2n) is 7.78. The Kier molecular flexibility index (Phi) is 7.55. The Morgan fingerprint density at radius 3 is 3.00 bits per heavy atom. The summed E-state index contributed by atoms with van der Waals surface area (Å²) in [6.07, 6.45) is 22.4. The van der Waals surface area contributed by atoms with Crippen LogP contribution in [0.25, 0.3) is 6.08 Å². The van der Waals surface area contributed by atoms with Crippen molar-refractivity contribution in [3.63, 3.8) is 0 Å². The molecule has 1 atom stereocenters. The molecule has 1 aromatic heterocycles. The third kappa shape index (κ3) is 6.14. The van der Waals surface area contributed by atoms with E-state index < -0.39 is 0 Å². The maximum absolute atomic E-state index is 4.68. The zero-order valence-corrected chi connectivity index (χ0v) is 18.0. The number of allylic oxidation sites excluding steroid dienone is 7. The van der Waals surface area contributed by atoms with Gasteiger partial charge < -0.3 is 5.32 Å². The van der Waals surface area contributed by atoms with Gasteiger partial charge in [-0.15, -0.1) is 0 Å². The van der Waals surface area contributed by atoms with E-state index in [1.807, 2.05) is 54.7 Å². The number of nitrogens with one attached hydrogen (secondary N) is 1. The summed E-state index contributed by atoms with van der Waals surface area (Å²) in [5.41, 5.74) is 4.87. The number of hydrogen-bond donors (Lipinski definition) is 1. The van der Waals surface area contributed by atoms with E-state index in [9.17, 15) is 0 Å². The highest BCUT2D eigenvalue weighted by Crippen LogP contribution is 2.22. The van der Waals surface area contributed by atoms with Crippen LogP contribution in [0.5, 0.6) is 0 Å². The molecule has 0 aliphatic heterocycles. The van der Waals surface area contributed by atoms with Gasteiger partial charge in [-0.2, -0.15) is 5.10 Å². The fourth-order valence-electron chi connectivity index (χ4n) is 3.32. The Balaban J connectivity index is 1.67. The molecule has 0 spiro atoms. The Bertz CT molecular complexity index is 933. The van der Waals surface area contributed by atoms with Gasteiger partial charge in [-0.1, -0.05) is 50.5 Å². The zero-order valence-electron chi connectivity index (χ0n) is 18.0. The number of hydrazone groups is 1. The lowest BCUT2D eigenvalue weighted by Crippen LogP contribution is -2.22. The van der Waals surface area contributed by atoms with Crippen LogP contribution in [0.1, 0.15) is 44.4 Å². The Labute approximate surface area is 180 Å². The summed E-state index contributed by atoms with van der Waals surface area (Å²) in [5.74, 6) is 1.29. The highest BCUT2D eigenvalue weighted by atomic mass is 15.5. The smallest absolute Gasteiger partial charge is 0.227 e. The summed E-state index contributed by atoms with van der Waals surface area (Å²) in [4.78, 5) is 9.05. The quantitative estimate of drug-likeness (QED) is 0.347. The van der Waals surface area contributed by atoms with Gasteiger partial charge in [-0.3, -0.25) is 5.01 Å². The highest BCUT2D eigenvalue weighted by Gasteiger charge is 2.11. The molecule has 0 saturated carbocycles. The van der Waals surface area contributed by atoms with E-state index in [1.54, 1.807) is 0 Å². The first-order valence-electron chi connectivity index (χ1n) is 10.5. The van der Waals surface area contributed by atoms with Gasteiger partial charge in [0.2, 0.25) is 5.95 Å². The van der Waals surface area contributed by atoms with Crippen molar-refractivity contribution in [2.24, 2.45) is 11.0 Å². The van der Waals surface area contributed by atoms with Gasteiger partial charge in [0.05, 0.1) is 24.2 Å². The number of rotatable bonds is 8. The topological polar surface area (TPSA) is 53.4 Å².